The normalized spacial score (nSPS) is 12.7. The highest BCUT2D eigenvalue weighted by molar-refractivity contribution is 5.34. The molecule has 0 radical (unpaired) electrons. The number of nitrogens with two attached hydrogens (primary N) is 1. The van der Waals surface area contributed by atoms with E-state index >= 15 is 0 Å². The Labute approximate surface area is 86.5 Å². The minimum Gasteiger partial charge on any atom is -0.397 e. The topological polar surface area (TPSA) is 38.9 Å². The van der Waals surface area contributed by atoms with E-state index in [0.717, 1.165) is 23.7 Å². The minimum absolute atomic E-state index is 0.746. The summed E-state index contributed by atoms with van der Waals surface area (Å²) in [7, 11) is 0. The predicted octanol–water partition coefficient (Wildman–Crippen LogP) is 3.03. The first kappa shape index (κ1) is 11.0. The first-order valence-electron chi connectivity index (χ1n) is 5.42. The third-order valence-electron chi connectivity index (χ3n) is 2.52. The van der Waals surface area contributed by atoms with Crippen molar-refractivity contribution >= 4 is 5.69 Å². The summed E-state index contributed by atoms with van der Waals surface area (Å²) in [5, 5.41) is 0. The highest BCUT2D eigenvalue weighted by atomic mass is 14.7. The Morgan fingerprint density at radius 1 is 1.36 bits per heavy atom. The second kappa shape index (κ2) is 5.63. The molecule has 0 aliphatic carbocycles. The van der Waals surface area contributed by atoms with Crippen LogP contribution in [0, 0.1) is 5.92 Å². The maximum absolute atomic E-state index is 5.57. The molecule has 0 saturated heterocycles. The summed E-state index contributed by atoms with van der Waals surface area (Å²) in [4.78, 5) is 4.29. The molecule has 2 heteroatoms. The highest BCUT2D eigenvalue weighted by Gasteiger charge is 2.01. The van der Waals surface area contributed by atoms with Crippen LogP contribution in [0.3, 0.4) is 0 Å². The zero-order valence-electron chi connectivity index (χ0n) is 9.16. The molecule has 0 aromatic carbocycles. The molecule has 0 fully saturated rings. The van der Waals surface area contributed by atoms with Crippen LogP contribution >= 0.6 is 0 Å². The number of aryl methyl sites for hydroxylation is 1. The third kappa shape index (κ3) is 3.77. The lowest BCUT2D eigenvalue weighted by Gasteiger charge is -2.08. The largest absolute Gasteiger partial charge is 0.397 e. The molecule has 2 nitrogen and oxygen atoms in total. The van der Waals surface area contributed by atoms with Crippen molar-refractivity contribution in [1.82, 2.24) is 4.98 Å². The Bertz CT molecular complexity index is 254. The van der Waals surface area contributed by atoms with Gasteiger partial charge in [0.1, 0.15) is 0 Å². The number of pyridine rings is 1. The molecular formula is C12H20N2. The summed E-state index contributed by atoms with van der Waals surface area (Å²) in [6.07, 6.45) is 6.62. The predicted molar refractivity (Wildman–Crippen MR) is 61.0 cm³/mol. The molecule has 1 heterocycles. The van der Waals surface area contributed by atoms with Gasteiger partial charge in [-0.2, -0.15) is 0 Å². The van der Waals surface area contributed by atoms with Gasteiger partial charge in [-0.05, 0) is 30.9 Å². The average Bonchev–Trinajstić information content (AvgIpc) is 2.17. The van der Waals surface area contributed by atoms with Crippen LogP contribution in [0.15, 0.2) is 18.3 Å². The fourth-order valence-corrected chi connectivity index (χ4v) is 1.62. The van der Waals surface area contributed by atoms with Crippen LogP contribution in [0.1, 0.15) is 38.8 Å². The van der Waals surface area contributed by atoms with Gasteiger partial charge in [0.2, 0.25) is 0 Å². The fraction of sp³-hybridized carbons (Fsp3) is 0.583. The van der Waals surface area contributed by atoms with Crippen molar-refractivity contribution in [3.63, 3.8) is 0 Å². The Morgan fingerprint density at radius 3 is 2.71 bits per heavy atom. The monoisotopic (exact) mass is 192 g/mol. The van der Waals surface area contributed by atoms with Gasteiger partial charge in [-0.1, -0.05) is 26.7 Å². The Hall–Kier alpha value is -1.05. The molecular weight excluding hydrogens is 172 g/mol. The maximum atomic E-state index is 5.57. The summed E-state index contributed by atoms with van der Waals surface area (Å²) in [5.74, 6) is 0.805. The first-order chi connectivity index (χ1) is 6.72. The SMILES string of the molecule is CCCC(C)CCc1ccc(N)cn1. The molecule has 1 aromatic rings. The van der Waals surface area contributed by atoms with Gasteiger partial charge in [-0.3, -0.25) is 4.98 Å². The van der Waals surface area contributed by atoms with Crippen molar-refractivity contribution in [3.8, 4) is 0 Å². The smallest absolute Gasteiger partial charge is 0.0501 e. The Kier molecular flexibility index (Phi) is 4.44. The standard InChI is InChI=1S/C12H20N2/c1-3-4-10(2)5-7-12-8-6-11(13)9-14-12/h6,8-10H,3-5,7,13H2,1-2H3. The third-order valence-corrected chi connectivity index (χ3v) is 2.52. The molecule has 0 aliphatic heterocycles. The van der Waals surface area contributed by atoms with Crippen molar-refractivity contribution in [3.05, 3.63) is 24.0 Å². The van der Waals surface area contributed by atoms with Crippen molar-refractivity contribution in [2.45, 2.75) is 39.5 Å². The van der Waals surface area contributed by atoms with E-state index in [1.165, 1.54) is 19.3 Å². The average molecular weight is 192 g/mol. The van der Waals surface area contributed by atoms with E-state index in [1.807, 2.05) is 12.1 Å². The zero-order chi connectivity index (χ0) is 10.4. The molecule has 0 spiro atoms. The molecule has 0 saturated carbocycles. The molecule has 1 rings (SSSR count). The molecule has 1 unspecified atom stereocenters. The van der Waals surface area contributed by atoms with Gasteiger partial charge in [-0.15, -0.1) is 0 Å². The molecule has 14 heavy (non-hydrogen) atoms. The summed E-state index contributed by atoms with van der Waals surface area (Å²) in [6.45, 7) is 4.54. The van der Waals surface area contributed by atoms with Crippen molar-refractivity contribution < 1.29 is 0 Å². The van der Waals surface area contributed by atoms with E-state index in [2.05, 4.69) is 18.8 Å². The van der Waals surface area contributed by atoms with E-state index < -0.39 is 0 Å². The highest BCUT2D eigenvalue weighted by Crippen LogP contribution is 2.13. The van der Waals surface area contributed by atoms with Gasteiger partial charge >= 0.3 is 0 Å². The number of hydrogen-bond donors (Lipinski definition) is 1. The quantitative estimate of drug-likeness (QED) is 0.778. The molecule has 0 aliphatic rings. The lowest BCUT2D eigenvalue weighted by molar-refractivity contribution is 0.484. The lowest BCUT2D eigenvalue weighted by Crippen LogP contribution is -1.99. The van der Waals surface area contributed by atoms with Crippen LogP contribution in [0.25, 0.3) is 0 Å². The molecule has 1 atom stereocenters. The first-order valence-corrected chi connectivity index (χ1v) is 5.42. The number of rotatable bonds is 5. The molecule has 1 aromatic heterocycles. The molecule has 0 bridgehead atoms. The number of hydrogen-bond acceptors (Lipinski definition) is 2. The summed E-state index contributed by atoms with van der Waals surface area (Å²) in [6, 6.07) is 3.95. The van der Waals surface area contributed by atoms with E-state index in [-0.39, 0.29) is 0 Å². The van der Waals surface area contributed by atoms with Crippen LogP contribution in [0.2, 0.25) is 0 Å². The van der Waals surface area contributed by atoms with Crippen LogP contribution in [0.4, 0.5) is 5.69 Å². The van der Waals surface area contributed by atoms with E-state index in [0.29, 0.717) is 0 Å². The van der Waals surface area contributed by atoms with Crippen LogP contribution in [0.5, 0.6) is 0 Å². The van der Waals surface area contributed by atoms with Gasteiger partial charge in [0, 0.05) is 5.69 Å². The minimum atomic E-state index is 0.746. The number of anilines is 1. The van der Waals surface area contributed by atoms with Crippen molar-refractivity contribution in [2.75, 3.05) is 5.73 Å². The van der Waals surface area contributed by atoms with Gasteiger partial charge in [0.15, 0.2) is 0 Å². The van der Waals surface area contributed by atoms with Gasteiger partial charge in [-0.25, -0.2) is 0 Å². The summed E-state index contributed by atoms with van der Waals surface area (Å²) >= 11 is 0. The maximum Gasteiger partial charge on any atom is 0.0501 e. The van der Waals surface area contributed by atoms with Crippen molar-refractivity contribution in [1.29, 1.82) is 0 Å². The van der Waals surface area contributed by atoms with E-state index in [1.54, 1.807) is 6.20 Å². The summed E-state index contributed by atoms with van der Waals surface area (Å²) < 4.78 is 0. The summed E-state index contributed by atoms with van der Waals surface area (Å²) in [5.41, 5.74) is 7.47. The van der Waals surface area contributed by atoms with Crippen LogP contribution < -0.4 is 5.73 Å². The number of aromatic nitrogens is 1. The molecule has 2 N–H and O–H groups in total. The van der Waals surface area contributed by atoms with E-state index in [4.69, 9.17) is 5.73 Å². The molecule has 0 amide bonds. The molecule has 78 valence electrons. The lowest BCUT2D eigenvalue weighted by atomic mass is 9.99. The second-order valence-corrected chi connectivity index (χ2v) is 4.02. The van der Waals surface area contributed by atoms with E-state index in [9.17, 15) is 0 Å². The number of nitrogen functional groups attached to an aromatic ring is 1. The van der Waals surface area contributed by atoms with Crippen LogP contribution in [-0.4, -0.2) is 4.98 Å². The van der Waals surface area contributed by atoms with Gasteiger partial charge < -0.3 is 5.73 Å². The zero-order valence-corrected chi connectivity index (χ0v) is 9.16. The van der Waals surface area contributed by atoms with Crippen LogP contribution in [-0.2, 0) is 6.42 Å². The van der Waals surface area contributed by atoms with Gasteiger partial charge in [0.25, 0.3) is 0 Å². The van der Waals surface area contributed by atoms with Crippen molar-refractivity contribution in [2.24, 2.45) is 5.92 Å². The van der Waals surface area contributed by atoms with Gasteiger partial charge in [0.05, 0.1) is 11.9 Å². The second-order valence-electron chi connectivity index (χ2n) is 4.02. The Morgan fingerprint density at radius 2 is 2.14 bits per heavy atom. The number of nitrogens with zero attached hydrogens (tertiary/aromatic N) is 1. The fourth-order valence-electron chi connectivity index (χ4n) is 1.62. The Balaban J connectivity index is 2.34.